The summed E-state index contributed by atoms with van der Waals surface area (Å²) in [7, 11) is 0. The molecule has 0 radical (unpaired) electrons. The van der Waals surface area contributed by atoms with Gasteiger partial charge in [-0.1, -0.05) is 12.1 Å². The maximum absolute atomic E-state index is 13.2. The average Bonchev–Trinajstić information content (AvgIpc) is 2.34. The van der Waals surface area contributed by atoms with E-state index in [4.69, 9.17) is 5.73 Å². The number of benzene rings is 2. The van der Waals surface area contributed by atoms with E-state index in [1.54, 1.807) is 12.1 Å². The molecule has 100 valence electrons. The van der Waals surface area contributed by atoms with Crippen LogP contribution in [-0.4, -0.2) is 6.54 Å². The molecule has 0 heterocycles. The maximum atomic E-state index is 13.2. The van der Waals surface area contributed by atoms with E-state index in [-0.39, 0.29) is 18.3 Å². The lowest BCUT2D eigenvalue weighted by atomic mass is 9.92. The predicted molar refractivity (Wildman–Crippen MR) is 68.3 cm³/mol. The normalized spacial score (nSPS) is 12.4. The molecule has 1 nitrogen and oxygen atoms in total. The summed E-state index contributed by atoms with van der Waals surface area (Å²) in [6, 6.07) is 9.46. The van der Waals surface area contributed by atoms with Crippen LogP contribution in [0, 0.1) is 17.5 Å². The average molecular weight is 265 g/mol. The predicted octanol–water partition coefficient (Wildman–Crippen LogP) is 3.39. The zero-order valence-electron chi connectivity index (χ0n) is 10.2. The molecule has 2 aromatic rings. The summed E-state index contributed by atoms with van der Waals surface area (Å²) in [6.07, 6.45) is 0.370. The van der Waals surface area contributed by atoms with Gasteiger partial charge in [0.05, 0.1) is 0 Å². The molecule has 0 aliphatic carbocycles. The molecule has 2 rings (SSSR count). The number of hydrogen-bond donors (Lipinski definition) is 1. The SMILES string of the molecule is NCC(Cc1cc(F)cc(F)c1)c1cccc(F)c1. The molecule has 0 fully saturated rings. The van der Waals surface area contributed by atoms with Crippen LogP contribution in [-0.2, 0) is 6.42 Å². The molecule has 2 N–H and O–H groups in total. The quantitative estimate of drug-likeness (QED) is 0.901. The standard InChI is InChI=1S/C15H14F3N/c16-13-3-1-2-11(7-13)12(9-19)4-10-5-14(17)8-15(18)6-10/h1-3,5-8,12H,4,9,19H2. The molecular formula is C15H14F3N. The Kier molecular flexibility index (Phi) is 4.22. The highest BCUT2D eigenvalue weighted by Gasteiger charge is 2.12. The van der Waals surface area contributed by atoms with E-state index in [9.17, 15) is 13.2 Å². The van der Waals surface area contributed by atoms with Crippen molar-refractivity contribution in [2.45, 2.75) is 12.3 Å². The molecule has 0 spiro atoms. The van der Waals surface area contributed by atoms with Crippen LogP contribution < -0.4 is 5.73 Å². The molecule has 19 heavy (non-hydrogen) atoms. The van der Waals surface area contributed by atoms with E-state index in [0.29, 0.717) is 12.0 Å². The van der Waals surface area contributed by atoms with Gasteiger partial charge in [-0.25, -0.2) is 13.2 Å². The van der Waals surface area contributed by atoms with E-state index >= 15 is 0 Å². The maximum Gasteiger partial charge on any atom is 0.126 e. The van der Waals surface area contributed by atoms with Crippen molar-refractivity contribution in [2.24, 2.45) is 5.73 Å². The summed E-state index contributed by atoms with van der Waals surface area (Å²) < 4.78 is 39.4. The fourth-order valence-electron chi connectivity index (χ4n) is 2.11. The molecule has 1 atom stereocenters. The van der Waals surface area contributed by atoms with Crippen LogP contribution in [0.15, 0.2) is 42.5 Å². The topological polar surface area (TPSA) is 26.0 Å². The molecule has 2 aromatic carbocycles. The molecule has 0 saturated heterocycles. The van der Waals surface area contributed by atoms with Gasteiger partial charge >= 0.3 is 0 Å². The summed E-state index contributed by atoms with van der Waals surface area (Å²) in [4.78, 5) is 0. The Balaban J connectivity index is 2.23. The monoisotopic (exact) mass is 265 g/mol. The largest absolute Gasteiger partial charge is 0.330 e. The van der Waals surface area contributed by atoms with Gasteiger partial charge in [-0.2, -0.15) is 0 Å². The van der Waals surface area contributed by atoms with E-state index in [2.05, 4.69) is 0 Å². The molecule has 1 unspecified atom stereocenters. The lowest BCUT2D eigenvalue weighted by Gasteiger charge is -2.15. The van der Waals surface area contributed by atoms with Crippen LogP contribution in [0.2, 0.25) is 0 Å². The summed E-state index contributed by atoms with van der Waals surface area (Å²) in [5.74, 6) is -1.76. The second-order valence-corrected chi connectivity index (χ2v) is 4.47. The van der Waals surface area contributed by atoms with Crippen molar-refractivity contribution in [1.29, 1.82) is 0 Å². The third kappa shape index (κ3) is 3.58. The highest BCUT2D eigenvalue weighted by atomic mass is 19.1. The Morgan fingerprint density at radius 2 is 1.58 bits per heavy atom. The van der Waals surface area contributed by atoms with E-state index in [0.717, 1.165) is 11.6 Å². The second-order valence-electron chi connectivity index (χ2n) is 4.47. The highest BCUT2D eigenvalue weighted by molar-refractivity contribution is 5.26. The molecule has 0 aliphatic heterocycles. The van der Waals surface area contributed by atoms with Crippen molar-refractivity contribution >= 4 is 0 Å². The first-order valence-corrected chi connectivity index (χ1v) is 5.99. The van der Waals surface area contributed by atoms with Gasteiger partial charge in [-0.3, -0.25) is 0 Å². The summed E-state index contributed by atoms with van der Waals surface area (Å²) in [6.45, 7) is 0.279. The lowest BCUT2D eigenvalue weighted by Crippen LogP contribution is -2.15. The minimum absolute atomic E-state index is 0.170. The van der Waals surface area contributed by atoms with E-state index in [1.165, 1.54) is 24.3 Å². The van der Waals surface area contributed by atoms with E-state index in [1.807, 2.05) is 0 Å². The van der Waals surface area contributed by atoms with Crippen molar-refractivity contribution in [3.8, 4) is 0 Å². The Bertz CT molecular complexity index is 549. The number of rotatable bonds is 4. The van der Waals surface area contributed by atoms with Gasteiger partial charge in [0.15, 0.2) is 0 Å². The smallest absolute Gasteiger partial charge is 0.126 e. The zero-order valence-corrected chi connectivity index (χ0v) is 10.2. The molecule has 0 aliphatic rings. The van der Waals surface area contributed by atoms with Crippen LogP contribution in [0.5, 0.6) is 0 Å². The summed E-state index contributed by atoms with van der Waals surface area (Å²) >= 11 is 0. The van der Waals surface area contributed by atoms with Gasteiger partial charge in [-0.15, -0.1) is 0 Å². The van der Waals surface area contributed by atoms with E-state index < -0.39 is 11.6 Å². The number of hydrogen-bond acceptors (Lipinski definition) is 1. The van der Waals surface area contributed by atoms with Crippen LogP contribution in [0.1, 0.15) is 17.0 Å². The van der Waals surface area contributed by atoms with Gasteiger partial charge in [0.2, 0.25) is 0 Å². The third-order valence-electron chi connectivity index (χ3n) is 3.01. The second kappa shape index (κ2) is 5.89. The molecule has 0 saturated carbocycles. The fraction of sp³-hybridized carbons (Fsp3) is 0.200. The summed E-state index contributed by atoms with van der Waals surface area (Å²) in [5.41, 5.74) is 6.91. The first-order valence-electron chi connectivity index (χ1n) is 5.99. The minimum Gasteiger partial charge on any atom is -0.330 e. The molecule has 0 aromatic heterocycles. The van der Waals surface area contributed by atoms with Gasteiger partial charge in [0, 0.05) is 12.0 Å². The van der Waals surface area contributed by atoms with Crippen molar-refractivity contribution in [1.82, 2.24) is 0 Å². The van der Waals surface area contributed by atoms with Gasteiger partial charge in [0.1, 0.15) is 17.5 Å². The first-order chi connectivity index (χ1) is 9.08. The van der Waals surface area contributed by atoms with Crippen molar-refractivity contribution < 1.29 is 13.2 Å². The Morgan fingerprint density at radius 1 is 0.895 bits per heavy atom. The Labute approximate surface area is 109 Å². The van der Waals surface area contributed by atoms with Crippen molar-refractivity contribution in [3.05, 3.63) is 71.0 Å². The molecular weight excluding hydrogens is 251 g/mol. The fourth-order valence-corrected chi connectivity index (χ4v) is 2.11. The van der Waals surface area contributed by atoms with Gasteiger partial charge in [-0.05, 0) is 48.4 Å². The highest BCUT2D eigenvalue weighted by Crippen LogP contribution is 2.21. The number of halogens is 3. The number of nitrogens with two attached hydrogens (primary N) is 1. The molecule has 0 bridgehead atoms. The Hall–Kier alpha value is -1.81. The van der Waals surface area contributed by atoms with Crippen LogP contribution in [0.4, 0.5) is 13.2 Å². The van der Waals surface area contributed by atoms with Crippen LogP contribution in [0.25, 0.3) is 0 Å². The van der Waals surface area contributed by atoms with Gasteiger partial charge in [0.25, 0.3) is 0 Å². The van der Waals surface area contributed by atoms with Crippen molar-refractivity contribution in [3.63, 3.8) is 0 Å². The zero-order chi connectivity index (χ0) is 13.8. The third-order valence-corrected chi connectivity index (χ3v) is 3.01. The van der Waals surface area contributed by atoms with Crippen LogP contribution >= 0.6 is 0 Å². The first kappa shape index (κ1) is 13.6. The Morgan fingerprint density at radius 3 is 2.16 bits per heavy atom. The molecule has 0 amide bonds. The van der Waals surface area contributed by atoms with Crippen LogP contribution in [0.3, 0.4) is 0 Å². The van der Waals surface area contributed by atoms with Gasteiger partial charge < -0.3 is 5.73 Å². The lowest BCUT2D eigenvalue weighted by molar-refractivity contribution is 0.575. The minimum atomic E-state index is -0.620. The molecule has 4 heteroatoms. The van der Waals surface area contributed by atoms with Crippen molar-refractivity contribution in [2.75, 3.05) is 6.54 Å². The summed E-state index contributed by atoms with van der Waals surface area (Å²) in [5, 5.41) is 0.